The molecular weight excluding hydrogens is 236 g/mol. The molecule has 1 fully saturated rings. The molecule has 0 radical (unpaired) electrons. The first kappa shape index (κ1) is 13.0. The number of rotatable bonds is 1. The Bertz CT molecular complexity index is 451. The van der Waals surface area contributed by atoms with Gasteiger partial charge in [-0.25, -0.2) is 8.78 Å². The molecule has 98 valence electrons. The number of hydrogen-bond acceptors (Lipinski definition) is 1. The van der Waals surface area contributed by atoms with E-state index in [9.17, 15) is 13.6 Å². The van der Waals surface area contributed by atoms with Gasteiger partial charge < -0.3 is 4.90 Å². The molecule has 18 heavy (non-hydrogen) atoms. The number of hydrogen-bond donors (Lipinski definition) is 0. The highest BCUT2D eigenvalue weighted by Gasteiger charge is 2.31. The van der Waals surface area contributed by atoms with Crippen LogP contribution in [0.1, 0.15) is 43.5 Å². The fraction of sp³-hybridized carbons (Fsp3) is 0.500. The van der Waals surface area contributed by atoms with Gasteiger partial charge in [-0.15, -0.1) is 0 Å². The zero-order valence-electron chi connectivity index (χ0n) is 10.6. The predicted octanol–water partition coefficient (Wildman–Crippen LogP) is 3.37. The van der Waals surface area contributed by atoms with E-state index in [0.29, 0.717) is 0 Å². The molecular formula is C14H17F2NO. The molecule has 0 aromatic heterocycles. The van der Waals surface area contributed by atoms with E-state index in [-0.39, 0.29) is 17.6 Å². The maximum atomic E-state index is 13.6. The molecule has 0 spiro atoms. The first-order chi connectivity index (χ1) is 8.52. The number of carbonyl (C=O) groups excluding carboxylic acids is 1. The van der Waals surface area contributed by atoms with E-state index in [2.05, 4.69) is 0 Å². The lowest BCUT2D eigenvalue weighted by Gasteiger charge is -2.39. The maximum Gasteiger partial charge on any atom is 0.257 e. The Morgan fingerprint density at radius 1 is 1.22 bits per heavy atom. The van der Waals surface area contributed by atoms with E-state index >= 15 is 0 Å². The van der Waals surface area contributed by atoms with Gasteiger partial charge in [-0.1, -0.05) is 6.07 Å². The topological polar surface area (TPSA) is 20.3 Å². The van der Waals surface area contributed by atoms with Crippen LogP contribution >= 0.6 is 0 Å². The molecule has 0 aliphatic carbocycles. The SMILES string of the molecule is CC1CCCC(C)N1C(=O)c1cccc(F)c1F. The lowest BCUT2D eigenvalue weighted by molar-refractivity contribution is 0.0505. The van der Waals surface area contributed by atoms with Crippen molar-refractivity contribution in [2.75, 3.05) is 0 Å². The van der Waals surface area contributed by atoms with Crippen LogP contribution in [0.4, 0.5) is 8.78 Å². The summed E-state index contributed by atoms with van der Waals surface area (Å²) < 4.78 is 26.8. The lowest BCUT2D eigenvalue weighted by atomic mass is 9.96. The van der Waals surface area contributed by atoms with Crippen LogP contribution in [-0.2, 0) is 0 Å². The molecule has 1 saturated heterocycles. The van der Waals surface area contributed by atoms with Gasteiger partial charge in [0.15, 0.2) is 11.6 Å². The van der Waals surface area contributed by atoms with E-state index in [1.165, 1.54) is 12.1 Å². The summed E-state index contributed by atoms with van der Waals surface area (Å²) in [6.45, 7) is 3.90. The minimum Gasteiger partial charge on any atom is -0.333 e. The zero-order chi connectivity index (χ0) is 13.3. The van der Waals surface area contributed by atoms with Gasteiger partial charge in [-0.05, 0) is 45.2 Å². The molecule has 4 heteroatoms. The normalized spacial score (nSPS) is 24.1. The van der Waals surface area contributed by atoms with E-state index < -0.39 is 17.5 Å². The molecule has 1 heterocycles. The van der Waals surface area contributed by atoms with Crippen LogP contribution in [-0.4, -0.2) is 22.9 Å². The second-order valence-corrected chi connectivity index (χ2v) is 4.94. The monoisotopic (exact) mass is 253 g/mol. The van der Waals surface area contributed by atoms with Crippen molar-refractivity contribution < 1.29 is 13.6 Å². The van der Waals surface area contributed by atoms with Crippen molar-refractivity contribution >= 4 is 5.91 Å². The zero-order valence-corrected chi connectivity index (χ0v) is 10.6. The van der Waals surface area contributed by atoms with Crippen molar-refractivity contribution in [1.29, 1.82) is 0 Å². The summed E-state index contributed by atoms with van der Waals surface area (Å²) >= 11 is 0. The first-order valence-electron chi connectivity index (χ1n) is 6.29. The van der Waals surface area contributed by atoms with Crippen molar-refractivity contribution in [3.8, 4) is 0 Å². The smallest absolute Gasteiger partial charge is 0.257 e. The predicted molar refractivity (Wildman–Crippen MR) is 65.3 cm³/mol. The molecule has 0 bridgehead atoms. The van der Waals surface area contributed by atoms with E-state index in [4.69, 9.17) is 0 Å². The summed E-state index contributed by atoms with van der Waals surface area (Å²) in [5, 5.41) is 0. The molecule has 2 unspecified atom stereocenters. The summed E-state index contributed by atoms with van der Waals surface area (Å²) in [7, 11) is 0. The van der Waals surface area contributed by atoms with Crippen molar-refractivity contribution in [2.24, 2.45) is 0 Å². The third-order valence-corrected chi connectivity index (χ3v) is 3.61. The van der Waals surface area contributed by atoms with Gasteiger partial charge in [-0.3, -0.25) is 4.79 Å². The summed E-state index contributed by atoms with van der Waals surface area (Å²) in [6.07, 6.45) is 2.89. The minimum atomic E-state index is -1.05. The van der Waals surface area contributed by atoms with Crippen LogP contribution < -0.4 is 0 Å². The van der Waals surface area contributed by atoms with Gasteiger partial charge in [0.25, 0.3) is 5.91 Å². The second kappa shape index (κ2) is 5.04. The number of halogens is 2. The average Bonchev–Trinajstić information content (AvgIpc) is 2.32. The molecule has 1 amide bonds. The molecule has 0 N–H and O–H groups in total. The van der Waals surface area contributed by atoms with Crippen LogP contribution in [0.25, 0.3) is 0 Å². The second-order valence-electron chi connectivity index (χ2n) is 4.94. The quantitative estimate of drug-likeness (QED) is 0.751. The number of carbonyl (C=O) groups is 1. The van der Waals surface area contributed by atoms with E-state index in [1.807, 2.05) is 13.8 Å². The summed E-state index contributed by atoms with van der Waals surface area (Å²) in [6, 6.07) is 3.88. The Labute approximate surface area is 106 Å². The average molecular weight is 253 g/mol. The summed E-state index contributed by atoms with van der Waals surface area (Å²) in [5.74, 6) is -2.43. The molecule has 2 nitrogen and oxygen atoms in total. The van der Waals surface area contributed by atoms with Gasteiger partial charge in [0.1, 0.15) is 0 Å². The van der Waals surface area contributed by atoms with Crippen molar-refractivity contribution in [3.63, 3.8) is 0 Å². The number of piperidine rings is 1. The van der Waals surface area contributed by atoms with Gasteiger partial charge in [-0.2, -0.15) is 0 Å². The van der Waals surface area contributed by atoms with Crippen molar-refractivity contribution in [3.05, 3.63) is 35.4 Å². The molecule has 2 rings (SSSR count). The molecule has 0 saturated carbocycles. The maximum absolute atomic E-state index is 13.6. The van der Waals surface area contributed by atoms with Crippen LogP contribution in [0.5, 0.6) is 0 Å². The molecule has 1 aliphatic heterocycles. The summed E-state index contributed by atoms with van der Waals surface area (Å²) in [5.41, 5.74) is -0.171. The molecule has 1 aromatic rings. The fourth-order valence-corrected chi connectivity index (χ4v) is 2.63. The van der Waals surface area contributed by atoms with Crippen molar-refractivity contribution in [2.45, 2.75) is 45.2 Å². The number of likely N-dealkylation sites (tertiary alicyclic amines) is 1. The number of amides is 1. The third-order valence-electron chi connectivity index (χ3n) is 3.61. The highest BCUT2D eigenvalue weighted by molar-refractivity contribution is 5.95. The first-order valence-corrected chi connectivity index (χ1v) is 6.29. The van der Waals surface area contributed by atoms with Gasteiger partial charge >= 0.3 is 0 Å². The Kier molecular flexibility index (Phi) is 3.64. The highest BCUT2D eigenvalue weighted by atomic mass is 19.2. The molecule has 1 aromatic carbocycles. The highest BCUT2D eigenvalue weighted by Crippen LogP contribution is 2.25. The Balaban J connectivity index is 2.32. The lowest BCUT2D eigenvalue weighted by Crippen LogP contribution is -2.47. The number of nitrogens with zero attached hydrogens (tertiary/aromatic N) is 1. The Hall–Kier alpha value is -1.45. The Morgan fingerprint density at radius 3 is 2.44 bits per heavy atom. The van der Waals surface area contributed by atoms with Gasteiger partial charge in [0.2, 0.25) is 0 Å². The summed E-state index contributed by atoms with van der Waals surface area (Å²) in [4.78, 5) is 14.0. The molecule has 2 atom stereocenters. The molecule has 1 aliphatic rings. The van der Waals surface area contributed by atoms with Crippen LogP contribution in [0.15, 0.2) is 18.2 Å². The largest absolute Gasteiger partial charge is 0.333 e. The van der Waals surface area contributed by atoms with E-state index in [1.54, 1.807) is 4.90 Å². The standard InChI is InChI=1S/C14H17F2NO/c1-9-5-3-6-10(2)17(9)14(18)11-7-4-8-12(15)13(11)16/h4,7-10H,3,5-6H2,1-2H3. The van der Waals surface area contributed by atoms with Crippen LogP contribution in [0.2, 0.25) is 0 Å². The van der Waals surface area contributed by atoms with Crippen LogP contribution in [0, 0.1) is 11.6 Å². The number of benzene rings is 1. The Morgan fingerprint density at radius 2 is 1.83 bits per heavy atom. The van der Waals surface area contributed by atoms with Gasteiger partial charge in [0, 0.05) is 12.1 Å². The van der Waals surface area contributed by atoms with Gasteiger partial charge in [0.05, 0.1) is 5.56 Å². The minimum absolute atomic E-state index is 0.0731. The van der Waals surface area contributed by atoms with E-state index in [0.717, 1.165) is 25.3 Å². The fourth-order valence-electron chi connectivity index (χ4n) is 2.63. The van der Waals surface area contributed by atoms with Crippen molar-refractivity contribution in [1.82, 2.24) is 4.90 Å². The third kappa shape index (κ3) is 2.24. The van der Waals surface area contributed by atoms with Crippen LogP contribution in [0.3, 0.4) is 0 Å².